The molecule has 1 aliphatic carbocycles. The third-order valence-electron chi connectivity index (χ3n) is 4.01. The van der Waals surface area contributed by atoms with Crippen LogP contribution < -0.4 is 0 Å². The molecule has 1 aliphatic rings. The summed E-state index contributed by atoms with van der Waals surface area (Å²) in [5.74, 6) is -0.659. The summed E-state index contributed by atoms with van der Waals surface area (Å²) < 4.78 is 0. The van der Waals surface area contributed by atoms with Crippen molar-refractivity contribution in [3.05, 3.63) is 35.4 Å². The smallest absolute Gasteiger partial charge is 0.309 e. The standard InChI is InChI=1S/C15H20O3/c16-11-13-6-4-12(5-7-13)10-15(14(17)18)8-2-1-3-9-15/h4-7,16H,1-3,8-11H2,(H,17,18). The Morgan fingerprint density at radius 3 is 2.11 bits per heavy atom. The fraction of sp³-hybridized carbons (Fsp3) is 0.533. The summed E-state index contributed by atoms with van der Waals surface area (Å²) in [6.07, 6.45) is 5.35. The molecule has 1 fully saturated rings. The minimum atomic E-state index is -0.659. The van der Waals surface area contributed by atoms with E-state index in [1.165, 1.54) is 0 Å². The summed E-state index contributed by atoms with van der Waals surface area (Å²) in [5, 5.41) is 18.5. The predicted octanol–water partition coefficient (Wildman–Crippen LogP) is 2.76. The van der Waals surface area contributed by atoms with Gasteiger partial charge in [-0.2, -0.15) is 0 Å². The van der Waals surface area contributed by atoms with Crippen LogP contribution in [0.15, 0.2) is 24.3 Å². The van der Waals surface area contributed by atoms with Gasteiger partial charge in [0.2, 0.25) is 0 Å². The molecule has 0 heterocycles. The maximum absolute atomic E-state index is 11.6. The van der Waals surface area contributed by atoms with Gasteiger partial charge in [-0.3, -0.25) is 4.79 Å². The second-order valence-electron chi connectivity index (χ2n) is 5.30. The largest absolute Gasteiger partial charge is 0.481 e. The SMILES string of the molecule is O=C(O)C1(Cc2ccc(CO)cc2)CCCCC1. The second kappa shape index (κ2) is 5.53. The van der Waals surface area contributed by atoms with Crippen molar-refractivity contribution in [3.63, 3.8) is 0 Å². The lowest BCUT2D eigenvalue weighted by molar-refractivity contribution is -0.151. The quantitative estimate of drug-likeness (QED) is 0.861. The summed E-state index contributed by atoms with van der Waals surface area (Å²) in [5.41, 5.74) is 1.35. The molecule has 0 unspecified atom stereocenters. The van der Waals surface area contributed by atoms with Crippen molar-refractivity contribution < 1.29 is 15.0 Å². The highest BCUT2D eigenvalue weighted by Crippen LogP contribution is 2.39. The molecule has 1 saturated carbocycles. The number of aliphatic hydroxyl groups excluding tert-OH is 1. The van der Waals surface area contributed by atoms with E-state index in [1.54, 1.807) is 0 Å². The van der Waals surface area contributed by atoms with Gasteiger partial charge in [0.1, 0.15) is 0 Å². The molecule has 0 bridgehead atoms. The summed E-state index contributed by atoms with van der Waals surface area (Å²) >= 11 is 0. The van der Waals surface area contributed by atoms with E-state index in [2.05, 4.69) is 0 Å². The van der Waals surface area contributed by atoms with E-state index in [-0.39, 0.29) is 6.61 Å². The van der Waals surface area contributed by atoms with Crippen molar-refractivity contribution >= 4 is 5.97 Å². The fourth-order valence-corrected chi connectivity index (χ4v) is 2.85. The number of benzene rings is 1. The lowest BCUT2D eigenvalue weighted by atomic mass is 9.70. The van der Waals surface area contributed by atoms with Crippen molar-refractivity contribution in [3.8, 4) is 0 Å². The van der Waals surface area contributed by atoms with Gasteiger partial charge < -0.3 is 10.2 Å². The first-order chi connectivity index (χ1) is 8.66. The lowest BCUT2D eigenvalue weighted by Gasteiger charge is -2.33. The number of carboxylic acids is 1. The number of aliphatic carboxylic acids is 1. The van der Waals surface area contributed by atoms with E-state index >= 15 is 0 Å². The molecular formula is C15H20O3. The lowest BCUT2D eigenvalue weighted by Crippen LogP contribution is -2.35. The first-order valence-electron chi connectivity index (χ1n) is 6.58. The van der Waals surface area contributed by atoms with Crippen LogP contribution in [0.2, 0.25) is 0 Å². The van der Waals surface area contributed by atoms with Crippen molar-refractivity contribution in [2.45, 2.75) is 45.1 Å². The summed E-state index contributed by atoms with van der Waals surface area (Å²) in [7, 11) is 0. The van der Waals surface area contributed by atoms with E-state index in [9.17, 15) is 9.90 Å². The number of aliphatic hydroxyl groups is 1. The average molecular weight is 248 g/mol. The minimum Gasteiger partial charge on any atom is -0.481 e. The first-order valence-corrected chi connectivity index (χ1v) is 6.58. The van der Waals surface area contributed by atoms with Crippen molar-refractivity contribution in [2.75, 3.05) is 0 Å². The molecule has 98 valence electrons. The normalized spacial score (nSPS) is 18.5. The molecule has 18 heavy (non-hydrogen) atoms. The zero-order valence-electron chi connectivity index (χ0n) is 10.6. The Kier molecular flexibility index (Phi) is 4.02. The number of hydrogen-bond acceptors (Lipinski definition) is 2. The van der Waals surface area contributed by atoms with Crippen molar-refractivity contribution in [1.82, 2.24) is 0 Å². The van der Waals surface area contributed by atoms with Crippen LogP contribution in [0.3, 0.4) is 0 Å². The monoisotopic (exact) mass is 248 g/mol. The fourth-order valence-electron chi connectivity index (χ4n) is 2.85. The van der Waals surface area contributed by atoms with E-state index in [0.29, 0.717) is 6.42 Å². The van der Waals surface area contributed by atoms with Crippen LogP contribution in [0.1, 0.15) is 43.2 Å². The Bertz CT molecular complexity index is 402. The molecule has 1 aromatic carbocycles. The molecule has 0 atom stereocenters. The minimum absolute atomic E-state index is 0.0321. The number of carboxylic acid groups (broad SMARTS) is 1. The zero-order valence-corrected chi connectivity index (χ0v) is 10.6. The van der Waals surface area contributed by atoms with Gasteiger partial charge in [0.05, 0.1) is 12.0 Å². The van der Waals surface area contributed by atoms with Gasteiger partial charge >= 0.3 is 5.97 Å². The highest BCUT2D eigenvalue weighted by atomic mass is 16.4. The van der Waals surface area contributed by atoms with Crippen LogP contribution in [0.4, 0.5) is 0 Å². The summed E-state index contributed by atoms with van der Waals surface area (Å²) in [4.78, 5) is 11.6. The predicted molar refractivity (Wildman–Crippen MR) is 69.2 cm³/mol. The van der Waals surface area contributed by atoms with Crippen LogP contribution in [0.25, 0.3) is 0 Å². The molecule has 3 nitrogen and oxygen atoms in total. The average Bonchev–Trinajstić information content (AvgIpc) is 2.40. The Hall–Kier alpha value is -1.35. The third-order valence-corrected chi connectivity index (χ3v) is 4.01. The van der Waals surface area contributed by atoms with Crippen molar-refractivity contribution in [2.24, 2.45) is 5.41 Å². The van der Waals surface area contributed by atoms with Gasteiger partial charge in [-0.25, -0.2) is 0 Å². The van der Waals surface area contributed by atoms with Crippen LogP contribution in [-0.2, 0) is 17.8 Å². The van der Waals surface area contributed by atoms with E-state index < -0.39 is 11.4 Å². The van der Waals surface area contributed by atoms with E-state index in [1.807, 2.05) is 24.3 Å². The molecule has 0 amide bonds. The molecule has 0 aliphatic heterocycles. The number of carbonyl (C=O) groups is 1. The van der Waals surface area contributed by atoms with Crippen LogP contribution >= 0.6 is 0 Å². The van der Waals surface area contributed by atoms with Crippen LogP contribution in [0, 0.1) is 5.41 Å². The Morgan fingerprint density at radius 1 is 1.06 bits per heavy atom. The van der Waals surface area contributed by atoms with Crippen molar-refractivity contribution in [1.29, 1.82) is 0 Å². The molecule has 1 aromatic rings. The van der Waals surface area contributed by atoms with Gasteiger partial charge in [0.15, 0.2) is 0 Å². The molecule has 0 saturated heterocycles. The molecule has 2 N–H and O–H groups in total. The number of hydrogen-bond donors (Lipinski definition) is 2. The maximum Gasteiger partial charge on any atom is 0.309 e. The topological polar surface area (TPSA) is 57.5 Å². The Morgan fingerprint density at radius 2 is 1.61 bits per heavy atom. The molecule has 3 heteroatoms. The molecular weight excluding hydrogens is 228 g/mol. The van der Waals surface area contributed by atoms with Crippen LogP contribution in [-0.4, -0.2) is 16.2 Å². The third kappa shape index (κ3) is 2.72. The molecule has 0 spiro atoms. The molecule has 2 rings (SSSR count). The van der Waals surface area contributed by atoms with Gasteiger partial charge in [0.25, 0.3) is 0 Å². The second-order valence-corrected chi connectivity index (χ2v) is 5.30. The van der Waals surface area contributed by atoms with E-state index in [4.69, 9.17) is 5.11 Å². The summed E-state index contributed by atoms with van der Waals surface area (Å²) in [6.45, 7) is 0.0321. The van der Waals surface area contributed by atoms with Gasteiger partial charge in [-0.05, 0) is 30.4 Å². The van der Waals surface area contributed by atoms with E-state index in [0.717, 1.165) is 43.2 Å². The maximum atomic E-state index is 11.6. The Labute approximate surface area is 107 Å². The van der Waals surface area contributed by atoms with Gasteiger partial charge in [-0.1, -0.05) is 43.5 Å². The number of rotatable bonds is 4. The molecule has 0 aromatic heterocycles. The highest BCUT2D eigenvalue weighted by Gasteiger charge is 2.39. The zero-order chi connectivity index (χ0) is 13.0. The van der Waals surface area contributed by atoms with Crippen LogP contribution in [0.5, 0.6) is 0 Å². The summed E-state index contributed by atoms with van der Waals surface area (Å²) in [6, 6.07) is 7.61. The van der Waals surface area contributed by atoms with Gasteiger partial charge in [-0.15, -0.1) is 0 Å². The first kappa shape index (κ1) is 13.1. The highest BCUT2D eigenvalue weighted by molar-refractivity contribution is 5.75. The molecule has 0 radical (unpaired) electrons. The van der Waals surface area contributed by atoms with Gasteiger partial charge in [0, 0.05) is 0 Å². The Balaban J connectivity index is 2.15.